The SMILES string of the molecule is CC(=O)c1c(C)nn(CCC(=O)N2CCCC2c2cc(C)on2)c1C. The smallest absolute Gasteiger partial charge is 0.225 e. The van der Waals surface area contributed by atoms with Gasteiger partial charge in [-0.15, -0.1) is 0 Å². The number of carbonyl (C=O) groups excluding carboxylic acids is 2. The summed E-state index contributed by atoms with van der Waals surface area (Å²) in [5, 5.41) is 8.48. The zero-order valence-electron chi connectivity index (χ0n) is 15.2. The molecule has 25 heavy (non-hydrogen) atoms. The second kappa shape index (κ2) is 6.82. The Morgan fingerprint density at radius 2 is 2.08 bits per heavy atom. The molecule has 7 nitrogen and oxygen atoms in total. The molecular weight excluding hydrogens is 320 g/mol. The summed E-state index contributed by atoms with van der Waals surface area (Å²) in [7, 11) is 0. The molecular formula is C18H24N4O3. The van der Waals surface area contributed by atoms with Gasteiger partial charge in [0.1, 0.15) is 11.5 Å². The molecule has 0 aromatic carbocycles. The van der Waals surface area contributed by atoms with Crippen molar-refractivity contribution in [2.75, 3.05) is 6.54 Å². The number of aryl methyl sites for hydroxylation is 3. The highest BCUT2D eigenvalue weighted by Gasteiger charge is 2.31. The maximum atomic E-state index is 12.7. The molecule has 1 amide bonds. The summed E-state index contributed by atoms with van der Waals surface area (Å²) < 4.78 is 6.91. The molecule has 2 aromatic rings. The van der Waals surface area contributed by atoms with Crippen LogP contribution in [-0.2, 0) is 11.3 Å². The number of hydrogen-bond donors (Lipinski definition) is 0. The van der Waals surface area contributed by atoms with E-state index in [1.54, 1.807) is 11.6 Å². The van der Waals surface area contributed by atoms with Crippen LogP contribution in [0.15, 0.2) is 10.6 Å². The normalized spacial score (nSPS) is 17.3. The van der Waals surface area contributed by atoms with E-state index in [2.05, 4.69) is 10.3 Å². The molecule has 0 radical (unpaired) electrons. The van der Waals surface area contributed by atoms with E-state index in [1.807, 2.05) is 31.7 Å². The summed E-state index contributed by atoms with van der Waals surface area (Å²) in [5.74, 6) is 0.849. The Morgan fingerprint density at radius 3 is 2.68 bits per heavy atom. The minimum Gasteiger partial charge on any atom is -0.361 e. The molecule has 0 aliphatic carbocycles. The second-order valence-electron chi connectivity index (χ2n) is 6.68. The minimum absolute atomic E-state index is 0.00168. The van der Waals surface area contributed by atoms with Gasteiger partial charge in [0, 0.05) is 31.3 Å². The van der Waals surface area contributed by atoms with Crippen molar-refractivity contribution in [2.45, 2.75) is 59.5 Å². The lowest BCUT2D eigenvalue weighted by molar-refractivity contribution is -0.132. The van der Waals surface area contributed by atoms with Crippen LogP contribution >= 0.6 is 0 Å². The van der Waals surface area contributed by atoms with Crippen LogP contribution in [0.3, 0.4) is 0 Å². The Morgan fingerprint density at radius 1 is 1.32 bits per heavy atom. The molecule has 1 fully saturated rings. The van der Waals surface area contributed by atoms with Gasteiger partial charge in [-0.3, -0.25) is 14.3 Å². The molecule has 134 valence electrons. The predicted octanol–water partition coefficient (Wildman–Crippen LogP) is 2.75. The van der Waals surface area contributed by atoms with Crippen molar-refractivity contribution in [1.82, 2.24) is 19.8 Å². The van der Waals surface area contributed by atoms with E-state index in [4.69, 9.17) is 4.52 Å². The lowest BCUT2D eigenvalue weighted by Gasteiger charge is -2.23. The van der Waals surface area contributed by atoms with Crippen LogP contribution in [0.2, 0.25) is 0 Å². The standard InChI is InChI=1S/C18H24N4O3/c1-11-10-15(20-25-11)16-6-5-8-21(16)17(24)7-9-22-13(3)18(14(4)23)12(2)19-22/h10,16H,5-9H2,1-4H3. The van der Waals surface area contributed by atoms with E-state index >= 15 is 0 Å². The molecule has 1 unspecified atom stereocenters. The number of nitrogens with zero attached hydrogens (tertiary/aromatic N) is 4. The summed E-state index contributed by atoms with van der Waals surface area (Å²) in [4.78, 5) is 26.3. The monoisotopic (exact) mass is 344 g/mol. The third-order valence-electron chi connectivity index (χ3n) is 4.83. The maximum Gasteiger partial charge on any atom is 0.225 e. The van der Waals surface area contributed by atoms with E-state index in [0.717, 1.165) is 42.2 Å². The van der Waals surface area contributed by atoms with Crippen molar-refractivity contribution in [1.29, 1.82) is 0 Å². The number of likely N-dealkylation sites (tertiary alicyclic amines) is 1. The van der Waals surface area contributed by atoms with Gasteiger partial charge in [0.2, 0.25) is 5.91 Å². The predicted molar refractivity (Wildman–Crippen MR) is 91.3 cm³/mol. The summed E-state index contributed by atoms with van der Waals surface area (Å²) in [6.07, 6.45) is 2.23. The topological polar surface area (TPSA) is 81.2 Å². The van der Waals surface area contributed by atoms with Gasteiger partial charge in [-0.25, -0.2) is 0 Å². The van der Waals surface area contributed by atoms with Crippen molar-refractivity contribution >= 4 is 11.7 Å². The maximum absolute atomic E-state index is 12.7. The molecule has 7 heteroatoms. The first-order chi connectivity index (χ1) is 11.9. The van der Waals surface area contributed by atoms with Crippen molar-refractivity contribution in [3.63, 3.8) is 0 Å². The van der Waals surface area contributed by atoms with Crippen LogP contribution in [0.25, 0.3) is 0 Å². The third kappa shape index (κ3) is 3.36. The molecule has 3 heterocycles. The van der Waals surface area contributed by atoms with Crippen LogP contribution in [0.1, 0.15) is 65.4 Å². The number of Topliss-reactive ketones (excluding diaryl/α,β-unsaturated/α-hetero) is 1. The molecule has 0 bridgehead atoms. The van der Waals surface area contributed by atoms with Crippen LogP contribution in [0.4, 0.5) is 0 Å². The number of carbonyl (C=O) groups is 2. The fraction of sp³-hybridized carbons (Fsp3) is 0.556. The minimum atomic E-state index is -0.00168. The summed E-state index contributed by atoms with van der Waals surface area (Å²) in [6, 6.07) is 1.90. The average Bonchev–Trinajstić information content (AvgIpc) is 3.24. The van der Waals surface area contributed by atoms with Gasteiger partial charge >= 0.3 is 0 Å². The van der Waals surface area contributed by atoms with Gasteiger partial charge in [-0.05, 0) is 40.5 Å². The second-order valence-corrected chi connectivity index (χ2v) is 6.68. The van der Waals surface area contributed by atoms with Crippen LogP contribution in [-0.4, -0.2) is 38.1 Å². The van der Waals surface area contributed by atoms with Crippen molar-refractivity contribution < 1.29 is 14.1 Å². The Labute approximate surface area is 147 Å². The van der Waals surface area contributed by atoms with Gasteiger partial charge in [0.15, 0.2) is 5.78 Å². The number of rotatable bonds is 5. The molecule has 3 rings (SSSR count). The quantitative estimate of drug-likeness (QED) is 0.779. The van der Waals surface area contributed by atoms with E-state index in [1.165, 1.54) is 0 Å². The highest BCUT2D eigenvalue weighted by atomic mass is 16.5. The van der Waals surface area contributed by atoms with Gasteiger partial charge in [-0.2, -0.15) is 5.10 Å². The number of hydrogen-bond acceptors (Lipinski definition) is 5. The fourth-order valence-electron chi connectivity index (χ4n) is 3.68. The Balaban J connectivity index is 1.68. The van der Waals surface area contributed by atoms with Gasteiger partial charge < -0.3 is 9.42 Å². The number of amides is 1. The molecule has 1 aliphatic rings. The van der Waals surface area contributed by atoms with E-state index in [0.29, 0.717) is 18.5 Å². The Kier molecular flexibility index (Phi) is 4.74. The van der Waals surface area contributed by atoms with Crippen LogP contribution in [0.5, 0.6) is 0 Å². The summed E-state index contributed by atoms with van der Waals surface area (Å²) in [5.41, 5.74) is 3.02. The lowest BCUT2D eigenvalue weighted by Crippen LogP contribution is -2.31. The average molecular weight is 344 g/mol. The van der Waals surface area contributed by atoms with E-state index in [-0.39, 0.29) is 17.7 Å². The first kappa shape index (κ1) is 17.4. The van der Waals surface area contributed by atoms with Gasteiger partial charge in [0.05, 0.1) is 17.3 Å². The van der Waals surface area contributed by atoms with E-state index in [9.17, 15) is 9.59 Å². The van der Waals surface area contributed by atoms with Crippen LogP contribution in [0, 0.1) is 20.8 Å². The van der Waals surface area contributed by atoms with Gasteiger partial charge in [0.25, 0.3) is 0 Å². The molecule has 2 aromatic heterocycles. The highest BCUT2D eigenvalue weighted by Crippen LogP contribution is 2.32. The zero-order chi connectivity index (χ0) is 18.1. The number of aromatic nitrogens is 3. The van der Waals surface area contributed by atoms with Crippen molar-refractivity contribution in [2.24, 2.45) is 0 Å². The summed E-state index contributed by atoms with van der Waals surface area (Å²) in [6.45, 7) is 8.31. The van der Waals surface area contributed by atoms with Crippen molar-refractivity contribution in [3.05, 3.63) is 34.5 Å². The highest BCUT2D eigenvalue weighted by molar-refractivity contribution is 5.96. The molecule has 1 saturated heterocycles. The number of ketones is 1. The first-order valence-electron chi connectivity index (χ1n) is 8.66. The molecule has 1 atom stereocenters. The lowest BCUT2D eigenvalue weighted by atomic mass is 10.1. The first-order valence-corrected chi connectivity index (χ1v) is 8.66. The molecule has 1 aliphatic heterocycles. The zero-order valence-corrected chi connectivity index (χ0v) is 15.2. The van der Waals surface area contributed by atoms with Crippen LogP contribution < -0.4 is 0 Å². The largest absolute Gasteiger partial charge is 0.361 e. The van der Waals surface area contributed by atoms with Crippen molar-refractivity contribution in [3.8, 4) is 0 Å². The Bertz CT molecular complexity index is 805. The fourth-order valence-corrected chi connectivity index (χ4v) is 3.68. The molecule has 0 saturated carbocycles. The molecule has 0 N–H and O–H groups in total. The molecule has 0 spiro atoms. The van der Waals surface area contributed by atoms with Gasteiger partial charge in [-0.1, -0.05) is 5.16 Å². The van der Waals surface area contributed by atoms with E-state index < -0.39 is 0 Å². The third-order valence-corrected chi connectivity index (χ3v) is 4.83. The summed E-state index contributed by atoms with van der Waals surface area (Å²) >= 11 is 0. The Hall–Kier alpha value is -2.44.